The maximum atomic E-state index is 11.8. The average molecular weight is 349 g/mol. The summed E-state index contributed by atoms with van der Waals surface area (Å²) >= 11 is 11.7. The van der Waals surface area contributed by atoms with Gasteiger partial charge in [-0.25, -0.2) is 14.8 Å². The van der Waals surface area contributed by atoms with Crippen molar-refractivity contribution >= 4 is 40.2 Å². The quantitative estimate of drug-likeness (QED) is 0.668. The molecule has 0 spiro atoms. The van der Waals surface area contributed by atoms with Gasteiger partial charge >= 0.3 is 5.97 Å². The maximum Gasteiger partial charge on any atom is 0.350 e. The van der Waals surface area contributed by atoms with Crippen LogP contribution in [0.1, 0.15) is 0 Å². The highest BCUT2D eigenvalue weighted by molar-refractivity contribution is 6.35. The summed E-state index contributed by atoms with van der Waals surface area (Å²) in [5.41, 5.74) is 1.36. The molecule has 0 saturated heterocycles. The third-order valence-electron chi connectivity index (χ3n) is 2.88. The Bertz CT molecular complexity index is 871. The van der Waals surface area contributed by atoms with E-state index in [0.29, 0.717) is 21.3 Å². The molecule has 0 aliphatic carbocycles. The van der Waals surface area contributed by atoms with E-state index in [4.69, 9.17) is 32.7 Å². The Balaban J connectivity index is 1.64. The van der Waals surface area contributed by atoms with E-state index < -0.39 is 5.97 Å². The van der Waals surface area contributed by atoms with Crippen LogP contribution in [0.5, 0.6) is 11.6 Å². The number of carbonyl (C=O) groups excluding carboxylic acids is 1. The molecular weight excluding hydrogens is 339 g/mol. The first-order valence-corrected chi connectivity index (χ1v) is 7.38. The van der Waals surface area contributed by atoms with Crippen LogP contribution in [-0.4, -0.2) is 22.5 Å². The third kappa shape index (κ3) is 3.88. The number of carbonyl (C=O) groups is 1. The van der Waals surface area contributed by atoms with Crippen LogP contribution in [0.4, 0.5) is 0 Å². The summed E-state index contributed by atoms with van der Waals surface area (Å²) in [4.78, 5) is 20.2. The number of fused-ring (bicyclic) bond motifs is 1. The highest BCUT2D eigenvalue weighted by Gasteiger charge is 2.10. The molecule has 0 saturated carbocycles. The van der Waals surface area contributed by atoms with Crippen molar-refractivity contribution in [3.63, 3.8) is 0 Å². The summed E-state index contributed by atoms with van der Waals surface area (Å²) in [6.45, 7) is -0.310. The molecule has 116 valence electrons. The Kier molecular flexibility index (Phi) is 4.60. The number of hydrogen-bond acceptors (Lipinski definition) is 5. The summed E-state index contributed by atoms with van der Waals surface area (Å²) < 4.78 is 10.4. The van der Waals surface area contributed by atoms with Gasteiger partial charge in [-0.2, -0.15) is 0 Å². The van der Waals surface area contributed by atoms with E-state index in [2.05, 4.69) is 9.97 Å². The molecule has 0 bridgehead atoms. The Hall–Kier alpha value is -2.37. The molecule has 0 aliphatic rings. The van der Waals surface area contributed by atoms with Gasteiger partial charge in [0.1, 0.15) is 5.75 Å². The van der Waals surface area contributed by atoms with Crippen molar-refractivity contribution in [1.82, 2.24) is 9.97 Å². The lowest BCUT2D eigenvalue weighted by Crippen LogP contribution is -2.18. The van der Waals surface area contributed by atoms with Crippen molar-refractivity contribution in [2.24, 2.45) is 0 Å². The number of nitrogens with zero attached hydrogens (tertiary/aromatic N) is 2. The summed E-state index contributed by atoms with van der Waals surface area (Å²) in [6, 6.07) is 12.0. The monoisotopic (exact) mass is 348 g/mol. The number of halogens is 2. The van der Waals surface area contributed by atoms with E-state index in [1.165, 1.54) is 12.3 Å². The summed E-state index contributed by atoms with van der Waals surface area (Å²) in [7, 11) is 0. The van der Waals surface area contributed by atoms with Gasteiger partial charge in [-0.3, -0.25) is 0 Å². The molecule has 3 aromatic rings. The van der Waals surface area contributed by atoms with E-state index in [0.717, 1.165) is 5.52 Å². The second kappa shape index (κ2) is 6.81. The summed E-state index contributed by atoms with van der Waals surface area (Å²) in [6.07, 6.45) is 1.38. The number of ether oxygens (including phenoxy) is 2. The zero-order chi connectivity index (χ0) is 16.2. The van der Waals surface area contributed by atoms with Crippen LogP contribution < -0.4 is 9.47 Å². The predicted molar refractivity (Wildman–Crippen MR) is 87.1 cm³/mol. The van der Waals surface area contributed by atoms with Crippen molar-refractivity contribution in [2.75, 3.05) is 6.61 Å². The zero-order valence-corrected chi connectivity index (χ0v) is 13.2. The smallest absolute Gasteiger partial charge is 0.350 e. The van der Waals surface area contributed by atoms with Gasteiger partial charge in [0.05, 0.1) is 22.3 Å². The SMILES string of the molecule is O=C(COc1ccc(Cl)cc1Cl)Oc1cnc2ccccc2n1. The molecule has 0 atom stereocenters. The zero-order valence-electron chi connectivity index (χ0n) is 11.7. The largest absolute Gasteiger partial charge is 0.480 e. The van der Waals surface area contributed by atoms with Gasteiger partial charge in [-0.05, 0) is 30.3 Å². The number of esters is 1. The van der Waals surface area contributed by atoms with Crippen molar-refractivity contribution in [2.45, 2.75) is 0 Å². The second-order valence-corrected chi connectivity index (χ2v) is 5.38. The number of benzene rings is 2. The van der Waals surface area contributed by atoms with E-state index >= 15 is 0 Å². The minimum Gasteiger partial charge on any atom is -0.480 e. The van der Waals surface area contributed by atoms with Gasteiger partial charge < -0.3 is 9.47 Å². The highest BCUT2D eigenvalue weighted by Crippen LogP contribution is 2.27. The molecule has 0 N–H and O–H groups in total. The molecule has 7 heteroatoms. The molecular formula is C16H10Cl2N2O3. The number of aromatic nitrogens is 2. The van der Waals surface area contributed by atoms with Crippen molar-refractivity contribution in [3.8, 4) is 11.6 Å². The molecule has 2 aromatic carbocycles. The lowest BCUT2D eigenvalue weighted by atomic mass is 10.3. The Morgan fingerprint density at radius 2 is 1.87 bits per heavy atom. The number of rotatable bonds is 4. The van der Waals surface area contributed by atoms with Gasteiger partial charge in [0.15, 0.2) is 6.61 Å². The maximum absolute atomic E-state index is 11.8. The molecule has 1 heterocycles. The van der Waals surface area contributed by atoms with Crippen molar-refractivity contribution in [1.29, 1.82) is 0 Å². The van der Waals surface area contributed by atoms with E-state index in [1.54, 1.807) is 18.2 Å². The molecule has 0 unspecified atom stereocenters. The second-order valence-electron chi connectivity index (χ2n) is 4.53. The summed E-state index contributed by atoms with van der Waals surface area (Å²) in [5, 5.41) is 0.798. The molecule has 5 nitrogen and oxygen atoms in total. The highest BCUT2D eigenvalue weighted by atomic mass is 35.5. The fourth-order valence-corrected chi connectivity index (χ4v) is 2.33. The molecule has 3 rings (SSSR count). The Morgan fingerprint density at radius 1 is 1.09 bits per heavy atom. The van der Waals surface area contributed by atoms with Crippen molar-refractivity contribution in [3.05, 3.63) is 58.7 Å². The molecule has 23 heavy (non-hydrogen) atoms. The molecule has 0 fully saturated rings. The van der Waals surface area contributed by atoms with Crippen LogP contribution >= 0.6 is 23.2 Å². The molecule has 0 aliphatic heterocycles. The van der Waals surface area contributed by atoms with E-state index in [1.807, 2.05) is 18.2 Å². The lowest BCUT2D eigenvalue weighted by molar-refractivity contribution is -0.136. The van der Waals surface area contributed by atoms with Gasteiger partial charge in [-0.15, -0.1) is 0 Å². The number of hydrogen-bond donors (Lipinski definition) is 0. The van der Waals surface area contributed by atoms with E-state index in [-0.39, 0.29) is 12.5 Å². The predicted octanol–water partition coefficient (Wildman–Crippen LogP) is 3.92. The van der Waals surface area contributed by atoms with Gasteiger partial charge in [0, 0.05) is 5.02 Å². The molecule has 0 radical (unpaired) electrons. The average Bonchev–Trinajstić information content (AvgIpc) is 2.54. The Morgan fingerprint density at radius 3 is 2.65 bits per heavy atom. The molecule has 0 amide bonds. The Labute approximate surface area is 141 Å². The first-order valence-electron chi connectivity index (χ1n) is 6.62. The fourth-order valence-electron chi connectivity index (χ4n) is 1.86. The standard InChI is InChI=1S/C16H10Cl2N2O3/c17-10-5-6-14(11(18)7-10)22-9-16(21)23-15-8-19-12-3-1-2-4-13(12)20-15/h1-8H,9H2. The lowest BCUT2D eigenvalue weighted by Gasteiger charge is -2.08. The molecule has 1 aromatic heterocycles. The van der Waals surface area contributed by atoms with Gasteiger partial charge in [-0.1, -0.05) is 35.3 Å². The van der Waals surface area contributed by atoms with Crippen LogP contribution in [0.3, 0.4) is 0 Å². The normalized spacial score (nSPS) is 10.5. The van der Waals surface area contributed by atoms with Crippen LogP contribution in [0, 0.1) is 0 Å². The fraction of sp³-hybridized carbons (Fsp3) is 0.0625. The van der Waals surface area contributed by atoms with Crippen molar-refractivity contribution < 1.29 is 14.3 Å². The first kappa shape index (κ1) is 15.5. The van der Waals surface area contributed by atoms with Gasteiger partial charge in [0.2, 0.25) is 5.88 Å². The third-order valence-corrected chi connectivity index (χ3v) is 3.41. The van der Waals surface area contributed by atoms with E-state index in [9.17, 15) is 4.79 Å². The van der Waals surface area contributed by atoms with Crippen LogP contribution in [0.15, 0.2) is 48.7 Å². The summed E-state index contributed by atoms with van der Waals surface area (Å²) in [5.74, 6) is -0.155. The van der Waals surface area contributed by atoms with Crippen LogP contribution in [0.25, 0.3) is 11.0 Å². The number of para-hydroxylation sites is 2. The topological polar surface area (TPSA) is 61.3 Å². The van der Waals surface area contributed by atoms with Crippen LogP contribution in [0.2, 0.25) is 10.0 Å². The minimum absolute atomic E-state index is 0.111. The minimum atomic E-state index is -0.611. The van der Waals surface area contributed by atoms with Crippen LogP contribution in [-0.2, 0) is 4.79 Å². The first-order chi connectivity index (χ1) is 11.1. The van der Waals surface area contributed by atoms with Gasteiger partial charge in [0.25, 0.3) is 0 Å².